The van der Waals surface area contributed by atoms with E-state index in [2.05, 4.69) is 19.6 Å². The van der Waals surface area contributed by atoms with Crippen LogP contribution in [0.2, 0.25) is 0 Å². The predicted molar refractivity (Wildman–Crippen MR) is 121 cm³/mol. The Kier molecular flexibility index (Phi) is 7.05. The molecule has 7 nitrogen and oxygen atoms in total. The summed E-state index contributed by atoms with van der Waals surface area (Å²) in [6.45, 7) is 1.36. The second kappa shape index (κ2) is 10.00. The third kappa shape index (κ3) is 5.49. The minimum atomic E-state index is -4.35. The molecule has 4 rings (SSSR count). The van der Waals surface area contributed by atoms with Crippen LogP contribution >= 0.6 is 11.9 Å². The van der Waals surface area contributed by atoms with Crippen LogP contribution in [0.15, 0.2) is 71.9 Å². The molecule has 1 amide bonds. The molecule has 1 aliphatic rings. The predicted octanol–water partition coefficient (Wildman–Crippen LogP) is 4.72. The number of rotatable bonds is 6. The number of carbonyl (C=O) groups is 1. The summed E-state index contributed by atoms with van der Waals surface area (Å²) < 4.78 is 40.6. The zero-order chi connectivity index (χ0) is 24.2. The molecule has 2 aromatic carbocycles. The number of amides is 1. The fourth-order valence-corrected chi connectivity index (χ4v) is 4.77. The monoisotopic (exact) mass is 489 g/mol. The van der Waals surface area contributed by atoms with E-state index < -0.39 is 23.2 Å². The summed E-state index contributed by atoms with van der Waals surface area (Å²) in [6.07, 6.45) is -0.290. The summed E-state index contributed by atoms with van der Waals surface area (Å²) in [6, 6.07) is 15.1. The Morgan fingerprint density at radius 3 is 2.18 bits per heavy atom. The smallest absolute Gasteiger partial charge is 0.345 e. The van der Waals surface area contributed by atoms with Crippen LogP contribution in [-0.2, 0) is 11.7 Å². The lowest BCUT2D eigenvalue weighted by Crippen LogP contribution is -2.45. The molecular formula is C23H22F3N5O2S. The van der Waals surface area contributed by atoms with Crippen molar-refractivity contribution in [1.29, 1.82) is 0 Å². The van der Waals surface area contributed by atoms with Crippen molar-refractivity contribution >= 4 is 23.8 Å². The molecule has 1 saturated heterocycles. The Bertz CT molecular complexity index is 1100. The molecule has 1 fully saturated rings. The summed E-state index contributed by atoms with van der Waals surface area (Å²) in [5.74, 6) is -0.347. The summed E-state index contributed by atoms with van der Waals surface area (Å²) in [7, 11) is 0. The summed E-state index contributed by atoms with van der Waals surface area (Å²) in [4.78, 5) is 20.7. The van der Waals surface area contributed by atoms with Gasteiger partial charge >= 0.3 is 6.18 Å². The molecule has 0 saturated carbocycles. The summed E-state index contributed by atoms with van der Waals surface area (Å²) in [5.41, 5.74) is 1.62. The van der Waals surface area contributed by atoms with Crippen molar-refractivity contribution in [3.8, 4) is 0 Å². The van der Waals surface area contributed by atoms with Crippen molar-refractivity contribution in [3.05, 3.63) is 83.7 Å². The van der Waals surface area contributed by atoms with Gasteiger partial charge < -0.3 is 5.32 Å². The van der Waals surface area contributed by atoms with E-state index in [4.69, 9.17) is 5.21 Å². The Hall–Kier alpha value is -3.15. The molecule has 0 unspecified atom stereocenters. The van der Waals surface area contributed by atoms with Crippen LogP contribution < -0.4 is 10.8 Å². The van der Waals surface area contributed by atoms with E-state index in [0.717, 1.165) is 22.6 Å². The molecule has 1 aromatic heterocycles. The van der Waals surface area contributed by atoms with Crippen LogP contribution in [0.5, 0.6) is 0 Å². The first kappa shape index (κ1) is 24.0. The molecule has 2 heterocycles. The van der Waals surface area contributed by atoms with Crippen molar-refractivity contribution in [2.24, 2.45) is 0 Å². The number of aromatic nitrogens is 2. The largest absolute Gasteiger partial charge is 0.416 e. The second-order valence-electron chi connectivity index (χ2n) is 7.85. The van der Waals surface area contributed by atoms with E-state index in [9.17, 15) is 18.0 Å². The van der Waals surface area contributed by atoms with Gasteiger partial charge in [-0.2, -0.15) is 13.2 Å². The first-order chi connectivity index (χ1) is 16.3. The highest BCUT2D eigenvalue weighted by Gasteiger charge is 2.37. The highest BCUT2D eigenvalue weighted by molar-refractivity contribution is 7.97. The molecule has 11 heteroatoms. The van der Waals surface area contributed by atoms with Gasteiger partial charge in [-0.25, -0.2) is 19.8 Å². The average molecular weight is 490 g/mol. The molecule has 0 spiro atoms. The molecule has 3 N–H and O–H groups in total. The lowest BCUT2D eigenvalue weighted by molar-refractivity contribution is -0.137. The van der Waals surface area contributed by atoms with E-state index in [1.54, 1.807) is 5.48 Å². The van der Waals surface area contributed by atoms with Gasteiger partial charge in [-0.1, -0.05) is 30.3 Å². The molecular weight excluding hydrogens is 467 g/mol. The van der Waals surface area contributed by atoms with Crippen LogP contribution in [0.3, 0.4) is 0 Å². The Morgan fingerprint density at radius 2 is 1.62 bits per heavy atom. The van der Waals surface area contributed by atoms with Gasteiger partial charge in [0.2, 0.25) is 5.95 Å². The van der Waals surface area contributed by atoms with E-state index in [1.165, 1.54) is 36.5 Å². The van der Waals surface area contributed by atoms with Crippen molar-refractivity contribution in [2.75, 3.05) is 18.4 Å². The molecule has 0 radical (unpaired) electrons. The number of halogens is 3. The fourth-order valence-electron chi connectivity index (χ4n) is 3.84. The summed E-state index contributed by atoms with van der Waals surface area (Å²) in [5, 5.41) is 12.2. The SMILES string of the molecule is O=C(NO)c1cnc(NC2(c3ccccc3)CCN(Sc3ccc(C(F)(F)F)cc3)CC2)nc1. The highest BCUT2D eigenvalue weighted by Crippen LogP contribution is 2.39. The maximum atomic E-state index is 12.8. The number of hydrogen-bond acceptors (Lipinski definition) is 7. The highest BCUT2D eigenvalue weighted by atomic mass is 32.2. The number of nitrogens with one attached hydrogen (secondary N) is 2. The van der Waals surface area contributed by atoms with E-state index >= 15 is 0 Å². The second-order valence-corrected chi connectivity index (χ2v) is 9.02. The van der Waals surface area contributed by atoms with Crippen LogP contribution in [0.1, 0.15) is 34.3 Å². The Balaban J connectivity index is 1.47. The molecule has 178 valence electrons. The minimum absolute atomic E-state index is 0.129. The maximum absolute atomic E-state index is 12.8. The Labute approximate surface area is 198 Å². The molecule has 34 heavy (non-hydrogen) atoms. The third-order valence-corrected chi connectivity index (χ3v) is 6.79. The molecule has 0 atom stereocenters. The topological polar surface area (TPSA) is 90.4 Å². The van der Waals surface area contributed by atoms with Gasteiger partial charge in [0, 0.05) is 30.4 Å². The third-order valence-electron chi connectivity index (χ3n) is 5.69. The minimum Gasteiger partial charge on any atom is -0.345 e. The maximum Gasteiger partial charge on any atom is 0.416 e. The number of piperidine rings is 1. The van der Waals surface area contributed by atoms with Crippen LogP contribution in [0.4, 0.5) is 19.1 Å². The van der Waals surface area contributed by atoms with Gasteiger partial charge in [-0.15, -0.1) is 0 Å². The number of carbonyl (C=O) groups excluding carboxylic acids is 1. The van der Waals surface area contributed by atoms with Gasteiger partial charge in [0.15, 0.2) is 0 Å². The number of anilines is 1. The average Bonchev–Trinajstić information content (AvgIpc) is 2.85. The lowest BCUT2D eigenvalue weighted by Gasteiger charge is -2.42. The van der Waals surface area contributed by atoms with E-state index in [1.807, 2.05) is 30.3 Å². The van der Waals surface area contributed by atoms with Crippen molar-refractivity contribution < 1.29 is 23.2 Å². The fraction of sp³-hybridized carbons (Fsp3) is 0.261. The number of nitrogens with zero attached hydrogens (tertiary/aromatic N) is 3. The molecule has 1 aliphatic heterocycles. The van der Waals surface area contributed by atoms with E-state index in [-0.39, 0.29) is 5.56 Å². The van der Waals surface area contributed by atoms with Gasteiger partial charge in [0.25, 0.3) is 5.91 Å². The molecule has 0 aliphatic carbocycles. The standard InChI is InChI=1S/C23H22F3N5O2S/c24-23(25,26)18-6-8-19(9-7-18)34-31-12-10-22(11-13-31,17-4-2-1-3-5-17)29-21-27-14-16(15-28-21)20(32)30-33/h1-9,14-15,33H,10-13H2,(H,30,32)(H,27,28,29). The van der Waals surface area contributed by atoms with Crippen molar-refractivity contribution in [1.82, 2.24) is 19.8 Å². The first-order valence-electron chi connectivity index (χ1n) is 10.5. The molecule has 0 bridgehead atoms. The van der Waals surface area contributed by atoms with Crippen LogP contribution in [-0.4, -0.2) is 38.5 Å². The van der Waals surface area contributed by atoms with Gasteiger partial charge in [-0.05, 0) is 54.6 Å². The van der Waals surface area contributed by atoms with E-state index in [0.29, 0.717) is 31.9 Å². The normalized spacial score (nSPS) is 16.1. The van der Waals surface area contributed by atoms with Crippen LogP contribution in [0, 0.1) is 0 Å². The Morgan fingerprint density at radius 1 is 1.00 bits per heavy atom. The number of alkyl halides is 3. The summed E-state index contributed by atoms with van der Waals surface area (Å²) >= 11 is 1.43. The van der Waals surface area contributed by atoms with Gasteiger partial charge in [-0.3, -0.25) is 10.0 Å². The van der Waals surface area contributed by atoms with Gasteiger partial charge in [0.05, 0.1) is 16.7 Å². The van der Waals surface area contributed by atoms with Crippen molar-refractivity contribution in [3.63, 3.8) is 0 Å². The number of hydroxylamine groups is 1. The molecule has 3 aromatic rings. The zero-order valence-corrected chi connectivity index (χ0v) is 18.7. The number of benzene rings is 2. The first-order valence-corrected chi connectivity index (χ1v) is 11.3. The van der Waals surface area contributed by atoms with Crippen LogP contribution in [0.25, 0.3) is 0 Å². The quantitative estimate of drug-likeness (QED) is 0.262. The number of hydrogen-bond donors (Lipinski definition) is 3. The lowest BCUT2D eigenvalue weighted by atomic mass is 9.81. The van der Waals surface area contributed by atoms with Gasteiger partial charge in [0.1, 0.15) is 0 Å². The van der Waals surface area contributed by atoms with Crippen molar-refractivity contribution in [2.45, 2.75) is 29.5 Å². The zero-order valence-electron chi connectivity index (χ0n) is 17.9.